The highest BCUT2D eigenvalue weighted by Gasteiger charge is 2.17. The van der Waals surface area contributed by atoms with Crippen molar-refractivity contribution < 1.29 is 9.72 Å². The topological polar surface area (TPSA) is 88.4 Å². The number of hydrogen-bond acceptors (Lipinski definition) is 5. The molecule has 0 fully saturated rings. The van der Waals surface area contributed by atoms with E-state index in [1.165, 1.54) is 18.3 Å². The van der Waals surface area contributed by atoms with Crippen molar-refractivity contribution in [3.05, 3.63) is 28.4 Å². The maximum Gasteiger partial charge on any atom is 0.363 e. The number of likely N-dealkylation sites (N-methyl/N-ethyl adjacent to an activating group) is 1. The molecule has 1 amide bonds. The van der Waals surface area contributed by atoms with E-state index >= 15 is 0 Å². The lowest BCUT2D eigenvalue weighted by molar-refractivity contribution is -0.389. The van der Waals surface area contributed by atoms with Gasteiger partial charge in [0, 0.05) is 19.7 Å². The molecule has 0 aliphatic rings. The molecule has 0 bridgehead atoms. The van der Waals surface area contributed by atoms with Crippen LogP contribution in [0.2, 0.25) is 0 Å². The van der Waals surface area contributed by atoms with Gasteiger partial charge in [0.15, 0.2) is 6.20 Å². The van der Waals surface area contributed by atoms with Crippen LogP contribution < -0.4 is 5.32 Å². The highest BCUT2D eigenvalue weighted by atomic mass is 16.6. The minimum Gasteiger partial charge on any atom is -0.371 e. The van der Waals surface area contributed by atoms with Crippen LogP contribution in [0.4, 0.5) is 11.5 Å². The summed E-state index contributed by atoms with van der Waals surface area (Å²) < 4.78 is 0. The zero-order chi connectivity index (χ0) is 13.7. The lowest BCUT2D eigenvalue weighted by Crippen LogP contribution is -2.38. The summed E-state index contributed by atoms with van der Waals surface area (Å²) in [4.78, 5) is 26.9. The Balaban J connectivity index is 2.67. The molecule has 1 unspecified atom stereocenters. The second kappa shape index (κ2) is 5.95. The third-order valence-electron chi connectivity index (χ3n) is 2.54. The summed E-state index contributed by atoms with van der Waals surface area (Å²) in [5, 5.41) is 13.4. The maximum atomic E-state index is 11.8. The number of amides is 1. The van der Waals surface area contributed by atoms with Crippen molar-refractivity contribution in [2.75, 3.05) is 18.9 Å². The number of nitrogens with one attached hydrogen (secondary N) is 1. The molecule has 0 aliphatic heterocycles. The molecule has 98 valence electrons. The second-order valence-electron chi connectivity index (χ2n) is 3.88. The summed E-state index contributed by atoms with van der Waals surface area (Å²) >= 11 is 0. The Hall–Kier alpha value is -2.18. The first-order valence-electron chi connectivity index (χ1n) is 5.57. The molecule has 0 aromatic carbocycles. The zero-order valence-electron chi connectivity index (χ0n) is 10.6. The number of pyridine rings is 1. The Morgan fingerprint density at radius 1 is 1.61 bits per heavy atom. The largest absolute Gasteiger partial charge is 0.371 e. The Morgan fingerprint density at radius 3 is 2.72 bits per heavy atom. The fraction of sp³-hybridized carbons (Fsp3) is 0.455. The third kappa shape index (κ3) is 3.41. The van der Waals surface area contributed by atoms with Gasteiger partial charge < -0.3 is 20.3 Å². The van der Waals surface area contributed by atoms with Crippen molar-refractivity contribution in [1.29, 1.82) is 0 Å². The van der Waals surface area contributed by atoms with Crippen LogP contribution >= 0.6 is 0 Å². The lowest BCUT2D eigenvalue weighted by Gasteiger charge is -2.20. The number of hydrogen-bond donors (Lipinski definition) is 1. The molecule has 0 saturated heterocycles. The van der Waals surface area contributed by atoms with Crippen LogP contribution in [0.25, 0.3) is 0 Å². The number of carbonyl (C=O) groups is 1. The zero-order valence-corrected chi connectivity index (χ0v) is 10.6. The average molecular weight is 252 g/mol. The summed E-state index contributed by atoms with van der Waals surface area (Å²) in [6, 6.07) is 2.42. The quantitative estimate of drug-likeness (QED) is 0.629. The first-order chi connectivity index (χ1) is 8.45. The van der Waals surface area contributed by atoms with Gasteiger partial charge in [0.25, 0.3) is 0 Å². The van der Waals surface area contributed by atoms with E-state index < -0.39 is 11.0 Å². The van der Waals surface area contributed by atoms with E-state index in [9.17, 15) is 14.9 Å². The molecular formula is C11H16N4O3. The van der Waals surface area contributed by atoms with E-state index in [2.05, 4.69) is 10.3 Å². The molecule has 1 atom stereocenters. The SMILES string of the molecule is CCN(C)C(=O)C(C)Nc1ccc([N+](=O)[O-])nc1. The summed E-state index contributed by atoms with van der Waals surface area (Å²) in [6.45, 7) is 4.25. The van der Waals surface area contributed by atoms with Gasteiger partial charge in [0.05, 0.1) is 5.69 Å². The molecule has 0 spiro atoms. The van der Waals surface area contributed by atoms with E-state index in [-0.39, 0.29) is 11.7 Å². The Kier molecular flexibility index (Phi) is 4.59. The van der Waals surface area contributed by atoms with E-state index in [0.717, 1.165) is 0 Å². The summed E-state index contributed by atoms with van der Waals surface area (Å²) in [6.07, 6.45) is 1.34. The number of aromatic nitrogens is 1. The van der Waals surface area contributed by atoms with Crippen LogP contribution in [0.1, 0.15) is 13.8 Å². The van der Waals surface area contributed by atoms with Crippen LogP contribution in [0, 0.1) is 10.1 Å². The highest BCUT2D eigenvalue weighted by Crippen LogP contribution is 2.12. The predicted molar refractivity (Wildman–Crippen MR) is 67.3 cm³/mol. The van der Waals surface area contributed by atoms with E-state index in [0.29, 0.717) is 12.2 Å². The Labute approximate surface area is 105 Å². The molecule has 1 aromatic heterocycles. The van der Waals surface area contributed by atoms with Crippen LogP contribution in [0.5, 0.6) is 0 Å². The molecule has 1 aromatic rings. The van der Waals surface area contributed by atoms with Gasteiger partial charge in [-0.25, -0.2) is 0 Å². The number of nitro groups is 1. The Bertz CT molecular complexity index is 432. The van der Waals surface area contributed by atoms with Crippen molar-refractivity contribution in [1.82, 2.24) is 9.88 Å². The molecule has 0 radical (unpaired) electrons. The van der Waals surface area contributed by atoms with Gasteiger partial charge in [0.1, 0.15) is 6.04 Å². The third-order valence-corrected chi connectivity index (χ3v) is 2.54. The van der Waals surface area contributed by atoms with Crippen molar-refractivity contribution in [3.8, 4) is 0 Å². The van der Waals surface area contributed by atoms with Crippen LogP contribution in [0.15, 0.2) is 18.3 Å². The molecule has 1 heterocycles. The molecule has 0 aliphatic carbocycles. The molecular weight excluding hydrogens is 236 g/mol. The van der Waals surface area contributed by atoms with Crippen molar-refractivity contribution in [2.24, 2.45) is 0 Å². The molecule has 1 N–H and O–H groups in total. The van der Waals surface area contributed by atoms with Crippen molar-refractivity contribution in [2.45, 2.75) is 19.9 Å². The van der Waals surface area contributed by atoms with E-state index in [1.807, 2.05) is 6.92 Å². The van der Waals surface area contributed by atoms with Gasteiger partial charge in [-0.15, -0.1) is 0 Å². The van der Waals surface area contributed by atoms with Crippen molar-refractivity contribution in [3.63, 3.8) is 0 Å². The molecule has 7 nitrogen and oxygen atoms in total. The van der Waals surface area contributed by atoms with Crippen LogP contribution in [-0.4, -0.2) is 40.3 Å². The number of nitrogens with zero attached hydrogens (tertiary/aromatic N) is 3. The second-order valence-corrected chi connectivity index (χ2v) is 3.88. The predicted octanol–water partition coefficient (Wildman–Crippen LogP) is 1.27. The first-order valence-corrected chi connectivity index (χ1v) is 5.57. The Morgan fingerprint density at radius 2 is 2.28 bits per heavy atom. The van der Waals surface area contributed by atoms with Crippen LogP contribution in [0.3, 0.4) is 0 Å². The van der Waals surface area contributed by atoms with Gasteiger partial charge in [-0.1, -0.05) is 0 Å². The van der Waals surface area contributed by atoms with Gasteiger partial charge in [-0.05, 0) is 29.8 Å². The fourth-order valence-electron chi connectivity index (χ4n) is 1.38. The van der Waals surface area contributed by atoms with Gasteiger partial charge in [0.2, 0.25) is 5.91 Å². The fourth-order valence-corrected chi connectivity index (χ4v) is 1.38. The highest BCUT2D eigenvalue weighted by molar-refractivity contribution is 5.83. The molecule has 0 saturated carbocycles. The van der Waals surface area contributed by atoms with Crippen LogP contribution in [-0.2, 0) is 4.79 Å². The molecule has 7 heteroatoms. The number of anilines is 1. The number of carbonyl (C=O) groups excluding carboxylic acids is 1. The van der Waals surface area contributed by atoms with Crippen molar-refractivity contribution >= 4 is 17.4 Å². The molecule has 18 heavy (non-hydrogen) atoms. The summed E-state index contributed by atoms with van der Waals surface area (Å²) in [5.41, 5.74) is 0.575. The summed E-state index contributed by atoms with van der Waals surface area (Å²) in [5.74, 6) is -0.263. The standard InChI is InChI=1S/C11H16N4O3/c1-4-14(3)11(16)8(2)13-9-5-6-10(12-7-9)15(17)18/h5-8,13H,4H2,1-3H3. The van der Waals surface area contributed by atoms with Gasteiger partial charge in [-0.3, -0.25) is 4.79 Å². The van der Waals surface area contributed by atoms with E-state index in [1.54, 1.807) is 18.9 Å². The monoisotopic (exact) mass is 252 g/mol. The van der Waals surface area contributed by atoms with E-state index in [4.69, 9.17) is 0 Å². The number of rotatable bonds is 5. The minimum atomic E-state index is -0.566. The maximum absolute atomic E-state index is 11.8. The first kappa shape index (κ1) is 13.9. The normalized spacial score (nSPS) is 11.7. The molecule has 1 rings (SSSR count). The smallest absolute Gasteiger partial charge is 0.363 e. The lowest BCUT2D eigenvalue weighted by atomic mass is 10.2. The minimum absolute atomic E-state index is 0.0455. The van der Waals surface area contributed by atoms with Gasteiger partial charge >= 0.3 is 5.82 Å². The summed E-state index contributed by atoms with van der Waals surface area (Å²) in [7, 11) is 1.72. The van der Waals surface area contributed by atoms with Gasteiger partial charge in [-0.2, -0.15) is 0 Å². The average Bonchev–Trinajstić information content (AvgIpc) is 2.37.